The van der Waals surface area contributed by atoms with Crippen molar-refractivity contribution in [3.05, 3.63) is 54.6 Å². The maximum absolute atomic E-state index is 13.7. The number of aromatic nitrogens is 2. The zero-order valence-electron chi connectivity index (χ0n) is 9.13. The molecule has 1 aromatic heterocycles. The second-order valence-corrected chi connectivity index (χ2v) is 4.43. The average Bonchev–Trinajstić information content (AvgIpc) is 2.70. The highest BCUT2D eigenvalue weighted by Gasteiger charge is 2.68. The average molecular weight is 234 g/mol. The highest BCUT2D eigenvalue weighted by atomic mass is 19.3. The largest absolute Gasteiger partial charge is 0.337 e. The number of benzene rings is 1. The van der Waals surface area contributed by atoms with Gasteiger partial charge < -0.3 is 4.57 Å². The summed E-state index contributed by atoms with van der Waals surface area (Å²) >= 11 is 0. The van der Waals surface area contributed by atoms with Crippen LogP contribution in [0.5, 0.6) is 0 Å². The van der Waals surface area contributed by atoms with E-state index < -0.39 is 17.8 Å². The second-order valence-electron chi connectivity index (χ2n) is 4.43. The molecule has 0 radical (unpaired) electrons. The Kier molecular flexibility index (Phi) is 2.24. The molecule has 0 spiro atoms. The topological polar surface area (TPSA) is 17.8 Å². The van der Waals surface area contributed by atoms with Gasteiger partial charge in [0.2, 0.25) is 0 Å². The number of imidazole rings is 1. The minimum Gasteiger partial charge on any atom is -0.337 e. The Morgan fingerprint density at radius 2 is 2.00 bits per heavy atom. The molecule has 2 nitrogen and oxygen atoms in total. The lowest BCUT2D eigenvalue weighted by Crippen LogP contribution is -2.02. The van der Waals surface area contributed by atoms with Gasteiger partial charge in [-0.25, -0.2) is 13.8 Å². The zero-order valence-corrected chi connectivity index (χ0v) is 9.13. The van der Waals surface area contributed by atoms with Crippen LogP contribution < -0.4 is 0 Å². The van der Waals surface area contributed by atoms with Crippen LogP contribution >= 0.6 is 0 Å². The molecule has 88 valence electrons. The van der Waals surface area contributed by atoms with Crippen molar-refractivity contribution in [2.24, 2.45) is 5.92 Å². The Hall–Kier alpha value is -1.71. The SMILES string of the molecule is FC1(F)[C@@H](Cn2ccnc2)[C@@H]1c1ccccc1. The van der Waals surface area contributed by atoms with Crippen LogP contribution in [0, 0.1) is 5.92 Å². The fourth-order valence-electron chi connectivity index (χ4n) is 2.35. The molecule has 3 rings (SSSR count). The second kappa shape index (κ2) is 3.65. The van der Waals surface area contributed by atoms with E-state index in [1.54, 1.807) is 47.6 Å². The van der Waals surface area contributed by atoms with E-state index in [9.17, 15) is 8.78 Å². The van der Waals surface area contributed by atoms with Gasteiger partial charge in [-0.1, -0.05) is 30.3 Å². The maximum Gasteiger partial charge on any atom is 0.260 e. The summed E-state index contributed by atoms with van der Waals surface area (Å²) in [6.45, 7) is 0.326. The molecule has 0 unspecified atom stereocenters. The van der Waals surface area contributed by atoms with E-state index in [-0.39, 0.29) is 0 Å². The van der Waals surface area contributed by atoms with Gasteiger partial charge in [0.05, 0.1) is 18.2 Å². The summed E-state index contributed by atoms with van der Waals surface area (Å²) in [7, 11) is 0. The van der Waals surface area contributed by atoms with Crippen LogP contribution in [-0.4, -0.2) is 15.5 Å². The number of rotatable bonds is 3. The molecule has 1 aliphatic rings. The quantitative estimate of drug-likeness (QED) is 0.798. The van der Waals surface area contributed by atoms with Crippen LogP contribution in [0.15, 0.2) is 49.1 Å². The van der Waals surface area contributed by atoms with Crippen molar-refractivity contribution in [3.63, 3.8) is 0 Å². The molecule has 4 heteroatoms. The number of hydrogen-bond acceptors (Lipinski definition) is 1. The van der Waals surface area contributed by atoms with Gasteiger partial charge in [0.25, 0.3) is 5.92 Å². The molecule has 0 amide bonds. The van der Waals surface area contributed by atoms with Crippen molar-refractivity contribution in [3.8, 4) is 0 Å². The van der Waals surface area contributed by atoms with E-state index in [0.29, 0.717) is 6.54 Å². The molecular formula is C13H12F2N2. The highest BCUT2D eigenvalue weighted by Crippen LogP contribution is 2.62. The van der Waals surface area contributed by atoms with E-state index in [0.717, 1.165) is 5.56 Å². The minimum atomic E-state index is -2.59. The molecule has 0 bridgehead atoms. The molecule has 2 atom stereocenters. The van der Waals surface area contributed by atoms with Crippen molar-refractivity contribution in [1.82, 2.24) is 9.55 Å². The van der Waals surface area contributed by atoms with Crippen LogP contribution in [0.1, 0.15) is 11.5 Å². The highest BCUT2D eigenvalue weighted by molar-refractivity contribution is 5.32. The Labute approximate surface area is 97.9 Å². The third-order valence-corrected chi connectivity index (χ3v) is 3.33. The van der Waals surface area contributed by atoms with Crippen LogP contribution in [-0.2, 0) is 6.54 Å². The van der Waals surface area contributed by atoms with Gasteiger partial charge >= 0.3 is 0 Å². The van der Waals surface area contributed by atoms with Crippen LogP contribution in [0.2, 0.25) is 0 Å². The van der Waals surface area contributed by atoms with Gasteiger partial charge in [-0.15, -0.1) is 0 Å². The molecule has 17 heavy (non-hydrogen) atoms. The number of halogens is 2. The Bertz CT molecular complexity index is 493. The maximum atomic E-state index is 13.7. The molecule has 1 aliphatic carbocycles. The Balaban J connectivity index is 1.79. The third kappa shape index (κ3) is 1.73. The summed E-state index contributed by atoms with van der Waals surface area (Å²) in [5, 5.41) is 0. The summed E-state index contributed by atoms with van der Waals surface area (Å²) in [4.78, 5) is 3.87. The molecule has 1 heterocycles. The molecular weight excluding hydrogens is 222 g/mol. The number of alkyl halides is 2. The van der Waals surface area contributed by atoms with Crippen molar-refractivity contribution in [2.75, 3.05) is 0 Å². The van der Waals surface area contributed by atoms with E-state index >= 15 is 0 Å². The van der Waals surface area contributed by atoms with Crippen LogP contribution in [0.25, 0.3) is 0 Å². The third-order valence-electron chi connectivity index (χ3n) is 3.33. The minimum absolute atomic E-state index is 0.326. The first-order chi connectivity index (χ1) is 8.19. The van der Waals surface area contributed by atoms with Crippen molar-refractivity contribution in [2.45, 2.75) is 18.4 Å². The lowest BCUT2D eigenvalue weighted by molar-refractivity contribution is 0.0899. The van der Waals surface area contributed by atoms with Gasteiger partial charge in [-0.05, 0) is 5.56 Å². The van der Waals surface area contributed by atoms with Crippen molar-refractivity contribution < 1.29 is 8.78 Å². The summed E-state index contributed by atoms with van der Waals surface area (Å²) in [6, 6.07) is 8.99. The molecule has 1 saturated carbocycles. The normalized spacial score (nSPS) is 25.8. The van der Waals surface area contributed by atoms with Crippen LogP contribution in [0.4, 0.5) is 8.78 Å². The smallest absolute Gasteiger partial charge is 0.260 e. The van der Waals surface area contributed by atoms with Crippen molar-refractivity contribution in [1.29, 1.82) is 0 Å². The predicted molar refractivity (Wildman–Crippen MR) is 59.8 cm³/mol. The fraction of sp³-hybridized carbons (Fsp3) is 0.308. The van der Waals surface area contributed by atoms with Gasteiger partial charge in [0, 0.05) is 18.9 Å². The Morgan fingerprint density at radius 3 is 2.65 bits per heavy atom. The van der Waals surface area contributed by atoms with Gasteiger partial charge in [-0.3, -0.25) is 0 Å². The monoisotopic (exact) mass is 234 g/mol. The molecule has 0 saturated heterocycles. The lowest BCUT2D eigenvalue weighted by atomic mass is 10.1. The zero-order chi connectivity index (χ0) is 11.9. The molecule has 0 N–H and O–H groups in total. The summed E-state index contributed by atoms with van der Waals surface area (Å²) < 4.78 is 29.1. The predicted octanol–water partition coefficient (Wildman–Crippen LogP) is 2.93. The molecule has 1 fully saturated rings. The molecule has 1 aromatic carbocycles. The number of hydrogen-bond donors (Lipinski definition) is 0. The van der Waals surface area contributed by atoms with E-state index in [2.05, 4.69) is 4.98 Å². The van der Waals surface area contributed by atoms with Crippen molar-refractivity contribution >= 4 is 0 Å². The first-order valence-corrected chi connectivity index (χ1v) is 5.58. The summed E-state index contributed by atoms with van der Waals surface area (Å²) in [6.07, 6.45) is 4.91. The summed E-state index contributed by atoms with van der Waals surface area (Å²) in [5.74, 6) is -3.85. The van der Waals surface area contributed by atoms with Gasteiger partial charge in [0.15, 0.2) is 0 Å². The fourth-order valence-corrected chi connectivity index (χ4v) is 2.35. The van der Waals surface area contributed by atoms with E-state index in [1.807, 2.05) is 6.07 Å². The summed E-state index contributed by atoms with van der Waals surface area (Å²) in [5.41, 5.74) is 0.725. The van der Waals surface area contributed by atoms with Crippen LogP contribution in [0.3, 0.4) is 0 Å². The van der Waals surface area contributed by atoms with E-state index in [4.69, 9.17) is 0 Å². The van der Waals surface area contributed by atoms with Gasteiger partial charge in [-0.2, -0.15) is 0 Å². The molecule has 2 aromatic rings. The standard InChI is InChI=1S/C13H12F2N2/c14-13(15)11(8-17-7-6-16-9-17)12(13)10-4-2-1-3-5-10/h1-7,9,11-12H,8H2/t11-,12-/m0/s1. The first-order valence-electron chi connectivity index (χ1n) is 5.58. The Morgan fingerprint density at radius 1 is 1.24 bits per heavy atom. The number of nitrogens with zero attached hydrogens (tertiary/aromatic N) is 2. The first kappa shape index (κ1) is 10.4. The lowest BCUT2D eigenvalue weighted by Gasteiger charge is -1.99. The molecule has 0 aliphatic heterocycles. The van der Waals surface area contributed by atoms with E-state index in [1.165, 1.54) is 0 Å². The van der Waals surface area contributed by atoms with Gasteiger partial charge in [0.1, 0.15) is 0 Å².